The monoisotopic (exact) mass is 443 g/mol. The molecule has 0 bridgehead atoms. The Balaban J connectivity index is 1.47. The van der Waals surface area contributed by atoms with E-state index in [9.17, 15) is 4.79 Å². The molecule has 8 heteroatoms. The number of hydrogen-bond acceptors (Lipinski definition) is 8. The maximum absolute atomic E-state index is 12.0. The summed E-state index contributed by atoms with van der Waals surface area (Å²) < 4.78 is 26.9. The molecule has 0 aliphatic heterocycles. The molecule has 0 aliphatic rings. The molecule has 0 N–H and O–H groups in total. The van der Waals surface area contributed by atoms with Gasteiger partial charge < -0.3 is 23.7 Å². The third-order valence-electron chi connectivity index (χ3n) is 4.28. The van der Waals surface area contributed by atoms with E-state index in [4.69, 9.17) is 23.7 Å². The molecule has 31 heavy (non-hydrogen) atoms. The Hall–Kier alpha value is -3.26. The Morgan fingerprint density at radius 1 is 0.968 bits per heavy atom. The molecule has 1 heterocycles. The fourth-order valence-electron chi connectivity index (χ4n) is 2.73. The van der Waals surface area contributed by atoms with Gasteiger partial charge in [0.05, 0.1) is 39.5 Å². The number of nitrogens with zero attached hydrogens (tertiary/aromatic N) is 1. The van der Waals surface area contributed by atoms with Crippen LogP contribution in [0.15, 0.2) is 47.8 Å². The molecule has 0 radical (unpaired) electrons. The molecule has 0 amide bonds. The van der Waals surface area contributed by atoms with Crippen molar-refractivity contribution in [3.8, 4) is 33.6 Å². The van der Waals surface area contributed by atoms with E-state index in [1.165, 1.54) is 11.3 Å². The summed E-state index contributed by atoms with van der Waals surface area (Å²) in [5.41, 5.74) is 1.60. The maximum Gasteiger partial charge on any atom is 0.309 e. The van der Waals surface area contributed by atoms with Crippen molar-refractivity contribution >= 4 is 17.3 Å². The highest BCUT2D eigenvalue weighted by atomic mass is 32.1. The third kappa shape index (κ3) is 6.36. The lowest BCUT2D eigenvalue weighted by Crippen LogP contribution is -2.10. The molecule has 0 saturated carbocycles. The summed E-state index contributed by atoms with van der Waals surface area (Å²) in [4.78, 5) is 16.5. The molecule has 0 spiro atoms. The molecule has 0 atom stereocenters. The van der Waals surface area contributed by atoms with E-state index >= 15 is 0 Å². The first-order valence-electron chi connectivity index (χ1n) is 9.81. The van der Waals surface area contributed by atoms with Crippen LogP contribution in [0.4, 0.5) is 0 Å². The van der Waals surface area contributed by atoms with Crippen molar-refractivity contribution in [3.63, 3.8) is 0 Å². The summed E-state index contributed by atoms with van der Waals surface area (Å²) in [6.07, 6.45) is 0.152. The Morgan fingerprint density at radius 3 is 2.45 bits per heavy atom. The summed E-state index contributed by atoms with van der Waals surface area (Å²) in [6.45, 7) is 2.84. The zero-order chi connectivity index (χ0) is 22.1. The van der Waals surface area contributed by atoms with Gasteiger partial charge in [-0.2, -0.15) is 0 Å². The zero-order valence-corrected chi connectivity index (χ0v) is 18.6. The van der Waals surface area contributed by atoms with E-state index in [-0.39, 0.29) is 25.6 Å². The number of benzene rings is 2. The fourth-order valence-corrected chi connectivity index (χ4v) is 3.53. The second kappa shape index (κ2) is 11.2. The highest BCUT2D eigenvalue weighted by molar-refractivity contribution is 7.13. The lowest BCUT2D eigenvalue weighted by atomic mass is 10.2. The van der Waals surface area contributed by atoms with Crippen LogP contribution >= 0.6 is 11.3 Å². The number of carbonyl (C=O) groups excluding carboxylic acids is 1. The summed E-state index contributed by atoms with van der Waals surface area (Å²) in [5, 5.41) is 2.69. The van der Waals surface area contributed by atoms with E-state index in [2.05, 4.69) is 4.98 Å². The van der Waals surface area contributed by atoms with Crippen LogP contribution in [0.5, 0.6) is 23.0 Å². The molecule has 3 rings (SSSR count). The number of esters is 1. The number of rotatable bonds is 11. The molecule has 164 valence electrons. The molecule has 0 saturated heterocycles. The van der Waals surface area contributed by atoms with Crippen molar-refractivity contribution in [1.29, 1.82) is 0 Å². The molecule has 0 fully saturated rings. The van der Waals surface area contributed by atoms with Crippen LogP contribution in [-0.2, 0) is 16.1 Å². The predicted molar refractivity (Wildman–Crippen MR) is 118 cm³/mol. The van der Waals surface area contributed by atoms with Crippen LogP contribution in [0.25, 0.3) is 10.6 Å². The van der Waals surface area contributed by atoms with Gasteiger partial charge in [0.1, 0.15) is 23.1 Å². The fraction of sp³-hybridized carbons (Fsp3) is 0.304. The Morgan fingerprint density at radius 2 is 1.74 bits per heavy atom. The SMILES string of the molecule is CCOc1ccc(-c2nc(COC(=O)CCOc3ccc(OC)cc3)cs2)cc1OC. The maximum atomic E-state index is 12.0. The second-order valence-electron chi connectivity index (χ2n) is 6.38. The van der Waals surface area contributed by atoms with Crippen molar-refractivity contribution in [1.82, 2.24) is 4.98 Å². The van der Waals surface area contributed by atoms with Gasteiger partial charge in [0.2, 0.25) is 0 Å². The Kier molecular flexibility index (Phi) is 8.12. The van der Waals surface area contributed by atoms with E-state index in [1.807, 2.05) is 30.5 Å². The predicted octanol–water partition coefficient (Wildman–Crippen LogP) is 4.74. The number of carbonyl (C=O) groups is 1. The van der Waals surface area contributed by atoms with Gasteiger partial charge in [0, 0.05) is 10.9 Å². The third-order valence-corrected chi connectivity index (χ3v) is 5.22. The van der Waals surface area contributed by atoms with Crippen molar-refractivity contribution < 1.29 is 28.5 Å². The first-order valence-corrected chi connectivity index (χ1v) is 10.7. The largest absolute Gasteiger partial charge is 0.497 e. The average Bonchev–Trinajstić information content (AvgIpc) is 3.28. The number of aromatic nitrogens is 1. The first-order chi connectivity index (χ1) is 15.1. The van der Waals surface area contributed by atoms with Crippen molar-refractivity contribution in [3.05, 3.63) is 53.5 Å². The molecule has 0 unspecified atom stereocenters. The minimum Gasteiger partial charge on any atom is -0.497 e. The van der Waals surface area contributed by atoms with Crippen LogP contribution in [-0.4, -0.2) is 38.4 Å². The molecule has 0 aliphatic carbocycles. The first kappa shape index (κ1) is 22.4. The van der Waals surface area contributed by atoms with Crippen molar-refractivity contribution in [2.45, 2.75) is 20.0 Å². The lowest BCUT2D eigenvalue weighted by molar-refractivity contribution is -0.145. The van der Waals surface area contributed by atoms with Gasteiger partial charge in [0.25, 0.3) is 0 Å². The van der Waals surface area contributed by atoms with Gasteiger partial charge in [-0.25, -0.2) is 4.98 Å². The summed E-state index contributed by atoms with van der Waals surface area (Å²) in [6, 6.07) is 12.9. The number of thiazole rings is 1. The minimum absolute atomic E-state index is 0.117. The highest BCUT2D eigenvalue weighted by Gasteiger charge is 2.11. The zero-order valence-electron chi connectivity index (χ0n) is 17.8. The molecule has 2 aromatic carbocycles. The van der Waals surface area contributed by atoms with Crippen molar-refractivity contribution in [2.75, 3.05) is 27.4 Å². The van der Waals surface area contributed by atoms with Crippen molar-refractivity contribution in [2.24, 2.45) is 0 Å². The van der Waals surface area contributed by atoms with Crippen LogP contribution in [0.1, 0.15) is 19.0 Å². The van der Waals surface area contributed by atoms with Gasteiger partial charge in [-0.15, -0.1) is 11.3 Å². The molecule has 7 nitrogen and oxygen atoms in total. The van der Waals surface area contributed by atoms with E-state index in [1.54, 1.807) is 38.5 Å². The second-order valence-corrected chi connectivity index (χ2v) is 7.24. The number of ether oxygens (including phenoxy) is 5. The minimum atomic E-state index is -0.342. The van der Waals surface area contributed by atoms with Gasteiger partial charge in [-0.3, -0.25) is 4.79 Å². The van der Waals surface area contributed by atoms with E-state index in [0.717, 1.165) is 16.3 Å². The topological polar surface area (TPSA) is 76.1 Å². The van der Waals surface area contributed by atoms with Gasteiger partial charge in [-0.1, -0.05) is 0 Å². The quantitative estimate of drug-likeness (QED) is 0.396. The van der Waals surface area contributed by atoms with Crippen LogP contribution in [0.2, 0.25) is 0 Å². The van der Waals surface area contributed by atoms with Gasteiger partial charge in [-0.05, 0) is 49.4 Å². The van der Waals surface area contributed by atoms with Gasteiger partial charge in [0.15, 0.2) is 11.5 Å². The summed E-state index contributed by atoms with van der Waals surface area (Å²) in [7, 11) is 3.21. The number of methoxy groups -OCH3 is 2. The number of hydrogen-bond donors (Lipinski definition) is 0. The Labute approximate surface area is 185 Å². The average molecular weight is 444 g/mol. The smallest absolute Gasteiger partial charge is 0.309 e. The lowest BCUT2D eigenvalue weighted by Gasteiger charge is -2.10. The standard InChI is InChI=1S/C23H25NO6S/c1-4-28-20-10-5-16(13-21(20)27-3)23-24-17(15-31-23)14-30-22(25)11-12-29-19-8-6-18(26-2)7-9-19/h5-10,13,15H,4,11-12,14H2,1-3H3. The molecular formula is C23H25NO6S. The summed E-state index contributed by atoms with van der Waals surface area (Å²) in [5.74, 6) is 2.42. The van der Waals surface area contributed by atoms with Crippen LogP contribution in [0.3, 0.4) is 0 Å². The summed E-state index contributed by atoms with van der Waals surface area (Å²) >= 11 is 1.48. The van der Waals surface area contributed by atoms with Crippen LogP contribution in [0, 0.1) is 0 Å². The Bertz CT molecular complexity index is 986. The molecule has 3 aromatic rings. The van der Waals surface area contributed by atoms with E-state index < -0.39 is 0 Å². The van der Waals surface area contributed by atoms with E-state index in [0.29, 0.717) is 29.5 Å². The molecule has 1 aromatic heterocycles. The van der Waals surface area contributed by atoms with Gasteiger partial charge >= 0.3 is 5.97 Å². The molecular weight excluding hydrogens is 418 g/mol. The van der Waals surface area contributed by atoms with Crippen LogP contribution < -0.4 is 18.9 Å². The highest BCUT2D eigenvalue weighted by Crippen LogP contribution is 2.33. The normalized spacial score (nSPS) is 10.4.